The lowest BCUT2D eigenvalue weighted by atomic mass is 9.83. The van der Waals surface area contributed by atoms with Crippen LogP contribution in [0.1, 0.15) is 38.3 Å². The van der Waals surface area contributed by atoms with Crippen molar-refractivity contribution in [1.82, 2.24) is 0 Å². The highest BCUT2D eigenvalue weighted by Gasteiger charge is 2.35. The number of likely N-dealkylation sites (N-methyl/N-ethyl adjacent to an activating group) is 1. The van der Waals surface area contributed by atoms with Crippen LogP contribution in [0, 0.1) is 0 Å². The molecular weight excluding hydrogens is 465 g/mol. The molecule has 0 saturated heterocycles. The molecule has 0 saturated carbocycles. The fourth-order valence-corrected chi connectivity index (χ4v) is 3.56. The van der Waals surface area contributed by atoms with E-state index in [0.717, 1.165) is 30.7 Å². The van der Waals surface area contributed by atoms with E-state index in [-0.39, 0.29) is 36.4 Å². The van der Waals surface area contributed by atoms with Gasteiger partial charge in [0.2, 0.25) is 0 Å². The Bertz CT molecular complexity index is 655. The van der Waals surface area contributed by atoms with Crippen LogP contribution in [-0.2, 0) is 15.1 Å². The molecule has 5 heteroatoms. The third-order valence-electron chi connectivity index (χ3n) is 5.74. The van der Waals surface area contributed by atoms with Gasteiger partial charge in [0.05, 0.1) is 26.1 Å². The largest absolute Gasteiger partial charge is 1.00 e. The van der Waals surface area contributed by atoms with Crippen molar-refractivity contribution in [2.75, 3.05) is 32.8 Å². The van der Waals surface area contributed by atoms with E-state index in [2.05, 4.69) is 20.8 Å². The minimum atomic E-state index is -1.40. The average Bonchev–Trinajstić information content (AvgIpc) is 2.73. The minimum absolute atomic E-state index is 0. The summed E-state index contributed by atoms with van der Waals surface area (Å²) >= 11 is 0. The first-order valence-corrected chi connectivity index (χ1v) is 9.84. The fraction of sp³-hybridized carbons (Fsp3) is 0.435. The van der Waals surface area contributed by atoms with E-state index in [1.54, 1.807) is 0 Å². The van der Waals surface area contributed by atoms with Gasteiger partial charge in [-0.2, -0.15) is 0 Å². The first kappa shape index (κ1) is 24.6. The van der Waals surface area contributed by atoms with Gasteiger partial charge in [0.25, 0.3) is 0 Å². The molecule has 0 atom stereocenters. The molecule has 2 aromatic carbocycles. The maximum Gasteiger partial charge on any atom is 0.309 e. The summed E-state index contributed by atoms with van der Waals surface area (Å²) in [5.74, 6) is -0.383. The second-order valence-corrected chi connectivity index (χ2v) is 7.00. The zero-order valence-corrected chi connectivity index (χ0v) is 19.3. The van der Waals surface area contributed by atoms with Crippen LogP contribution < -0.4 is 24.0 Å². The molecule has 0 aliphatic heterocycles. The number of hydrogen-bond donors (Lipinski definition) is 1. The smallest absolute Gasteiger partial charge is 0.309 e. The van der Waals surface area contributed by atoms with E-state index in [4.69, 9.17) is 4.74 Å². The van der Waals surface area contributed by atoms with E-state index < -0.39 is 5.60 Å². The normalized spacial score (nSPS) is 11.6. The lowest BCUT2D eigenvalue weighted by molar-refractivity contribution is -0.923. The Kier molecular flexibility index (Phi) is 10.1. The molecule has 154 valence electrons. The molecule has 0 aliphatic carbocycles. The molecule has 0 amide bonds. The number of halogens is 1. The number of hydrogen-bond acceptors (Lipinski definition) is 3. The molecule has 0 aliphatic rings. The van der Waals surface area contributed by atoms with Crippen molar-refractivity contribution in [2.45, 2.75) is 32.8 Å². The van der Waals surface area contributed by atoms with Gasteiger partial charge in [-0.3, -0.25) is 4.79 Å². The van der Waals surface area contributed by atoms with Gasteiger partial charge in [-0.15, -0.1) is 0 Å². The van der Waals surface area contributed by atoms with Crippen LogP contribution in [0.25, 0.3) is 0 Å². The summed E-state index contributed by atoms with van der Waals surface area (Å²) in [5.41, 5.74) is -0.0193. The molecule has 2 aromatic rings. The van der Waals surface area contributed by atoms with Crippen LogP contribution in [0.4, 0.5) is 0 Å². The van der Waals surface area contributed by atoms with Gasteiger partial charge in [0.15, 0.2) is 0 Å². The van der Waals surface area contributed by atoms with E-state index in [9.17, 15) is 9.90 Å². The fourth-order valence-electron chi connectivity index (χ4n) is 3.56. The molecule has 0 radical (unpaired) electrons. The second kappa shape index (κ2) is 11.5. The lowest BCUT2D eigenvalue weighted by Crippen LogP contribution is -3.00. The van der Waals surface area contributed by atoms with Crippen LogP contribution in [0.2, 0.25) is 0 Å². The number of benzene rings is 2. The van der Waals surface area contributed by atoms with Gasteiger partial charge in [0.1, 0.15) is 18.8 Å². The number of aliphatic hydroxyl groups is 1. The van der Waals surface area contributed by atoms with Crippen LogP contribution in [0.15, 0.2) is 60.7 Å². The number of ether oxygens (including phenoxy) is 1. The maximum atomic E-state index is 12.6. The first-order valence-electron chi connectivity index (χ1n) is 9.84. The number of rotatable bonds is 10. The Hall–Kier alpha value is -1.44. The summed E-state index contributed by atoms with van der Waals surface area (Å²) in [6, 6.07) is 18.6. The summed E-state index contributed by atoms with van der Waals surface area (Å²) in [7, 11) is 0. The minimum Gasteiger partial charge on any atom is -1.00 e. The molecule has 0 fully saturated rings. The summed E-state index contributed by atoms with van der Waals surface area (Å²) in [6.07, 6.45) is -0.106. The van der Waals surface area contributed by atoms with Crippen molar-refractivity contribution < 1.29 is 43.1 Å². The van der Waals surface area contributed by atoms with E-state index in [1.807, 2.05) is 60.7 Å². The third kappa shape index (κ3) is 6.03. The monoisotopic (exact) mass is 497 g/mol. The number of carbonyl (C=O) groups excluding carboxylic acids is 1. The van der Waals surface area contributed by atoms with E-state index >= 15 is 0 Å². The van der Waals surface area contributed by atoms with Crippen molar-refractivity contribution in [2.24, 2.45) is 0 Å². The van der Waals surface area contributed by atoms with Gasteiger partial charge in [-0.25, -0.2) is 0 Å². The molecule has 28 heavy (non-hydrogen) atoms. The van der Waals surface area contributed by atoms with Gasteiger partial charge in [-0.1, -0.05) is 60.7 Å². The second-order valence-electron chi connectivity index (χ2n) is 7.00. The van der Waals surface area contributed by atoms with Crippen molar-refractivity contribution in [3.63, 3.8) is 0 Å². The molecule has 0 heterocycles. The highest BCUT2D eigenvalue weighted by atomic mass is 127. The van der Waals surface area contributed by atoms with Crippen LogP contribution >= 0.6 is 0 Å². The first-order chi connectivity index (χ1) is 13.0. The Morgan fingerprint density at radius 1 is 0.893 bits per heavy atom. The number of nitrogens with zero attached hydrogens (tertiary/aromatic N) is 1. The average molecular weight is 497 g/mol. The maximum absolute atomic E-state index is 12.6. The summed E-state index contributed by atoms with van der Waals surface area (Å²) in [4.78, 5) is 12.6. The zero-order chi connectivity index (χ0) is 19.8. The molecule has 0 bridgehead atoms. The van der Waals surface area contributed by atoms with Crippen LogP contribution in [0.5, 0.6) is 0 Å². The molecule has 1 N–H and O–H groups in total. The predicted octanol–water partition coefficient (Wildman–Crippen LogP) is 0.736. The Morgan fingerprint density at radius 2 is 1.32 bits per heavy atom. The van der Waals surface area contributed by atoms with Gasteiger partial charge < -0.3 is 38.3 Å². The van der Waals surface area contributed by atoms with Crippen molar-refractivity contribution in [3.8, 4) is 0 Å². The van der Waals surface area contributed by atoms with Gasteiger partial charge in [-0.05, 0) is 31.9 Å². The number of quaternary nitrogens is 1. The Balaban J connectivity index is 0.00000392. The third-order valence-corrected chi connectivity index (χ3v) is 5.74. The number of carbonyl (C=O) groups is 1. The Labute approximate surface area is 186 Å². The standard InChI is InChI=1S/C23H32NO3.HI/c1-4-24(5-2,6-3)17-18-27-22(25)19-23(26,20-13-9-7-10-14-20)21-15-11-8-12-16-21;/h7-16,26H,4-6,17-19H2,1-3H3;1H/q+1;/p-1. The van der Waals surface area contributed by atoms with Crippen molar-refractivity contribution in [1.29, 1.82) is 0 Å². The van der Waals surface area contributed by atoms with Gasteiger partial charge in [0, 0.05) is 0 Å². The highest BCUT2D eigenvalue weighted by Crippen LogP contribution is 2.33. The van der Waals surface area contributed by atoms with Crippen LogP contribution in [0.3, 0.4) is 0 Å². The zero-order valence-electron chi connectivity index (χ0n) is 17.1. The summed E-state index contributed by atoms with van der Waals surface area (Å²) in [5, 5.41) is 11.4. The van der Waals surface area contributed by atoms with Crippen LogP contribution in [-0.4, -0.2) is 48.3 Å². The molecule has 0 unspecified atom stereocenters. The molecule has 0 aromatic heterocycles. The quantitative estimate of drug-likeness (QED) is 0.299. The topological polar surface area (TPSA) is 46.5 Å². The van der Waals surface area contributed by atoms with E-state index in [1.165, 1.54) is 0 Å². The molecule has 0 spiro atoms. The van der Waals surface area contributed by atoms with Crippen molar-refractivity contribution >= 4 is 5.97 Å². The van der Waals surface area contributed by atoms with Crippen molar-refractivity contribution in [3.05, 3.63) is 71.8 Å². The van der Waals surface area contributed by atoms with E-state index in [0.29, 0.717) is 17.7 Å². The molecular formula is C23H32INO3. The Morgan fingerprint density at radius 3 is 1.71 bits per heavy atom. The summed E-state index contributed by atoms with van der Waals surface area (Å²) in [6.45, 7) is 10.7. The molecule has 4 nitrogen and oxygen atoms in total. The lowest BCUT2D eigenvalue weighted by Gasteiger charge is -2.35. The molecule has 2 rings (SSSR count). The van der Waals surface area contributed by atoms with Gasteiger partial charge >= 0.3 is 5.97 Å². The summed E-state index contributed by atoms with van der Waals surface area (Å²) < 4.78 is 6.45. The SMILES string of the molecule is CC[N+](CC)(CC)CCOC(=O)CC(O)(c1ccccc1)c1ccccc1.[I-]. The predicted molar refractivity (Wildman–Crippen MR) is 108 cm³/mol. The number of esters is 1. The highest BCUT2D eigenvalue weighted by molar-refractivity contribution is 5.72.